The molecule has 2 aliphatic heterocycles. The van der Waals surface area contributed by atoms with Crippen LogP contribution in [0.5, 0.6) is 0 Å². The normalized spacial score (nSPS) is 27.7. The molecule has 25 heavy (non-hydrogen) atoms. The molecule has 0 amide bonds. The van der Waals surface area contributed by atoms with Crippen LogP contribution in [-0.4, -0.2) is 34.5 Å². The van der Waals surface area contributed by atoms with Crippen molar-refractivity contribution in [2.75, 3.05) is 13.1 Å². The molecule has 1 saturated carbocycles. The first-order valence-corrected chi connectivity index (χ1v) is 10.5. The third kappa shape index (κ3) is 3.53. The van der Waals surface area contributed by atoms with E-state index in [4.69, 9.17) is 0 Å². The predicted molar refractivity (Wildman–Crippen MR) is 106 cm³/mol. The SMILES string of the molecule is CC(C)N1Cc2ccc(CC(C)(C)N3CC4CCCCC4C3)cc2C1. The van der Waals surface area contributed by atoms with Gasteiger partial charge in [-0.1, -0.05) is 31.0 Å². The Morgan fingerprint density at radius 3 is 2.28 bits per heavy atom. The topological polar surface area (TPSA) is 6.48 Å². The Balaban J connectivity index is 1.44. The highest BCUT2D eigenvalue weighted by Gasteiger charge is 2.40. The molecule has 2 fully saturated rings. The number of rotatable bonds is 4. The Morgan fingerprint density at radius 2 is 1.64 bits per heavy atom. The fourth-order valence-electron chi connectivity index (χ4n) is 5.46. The van der Waals surface area contributed by atoms with E-state index < -0.39 is 0 Å². The lowest BCUT2D eigenvalue weighted by molar-refractivity contribution is 0.145. The van der Waals surface area contributed by atoms with Crippen molar-refractivity contribution in [1.82, 2.24) is 9.80 Å². The summed E-state index contributed by atoms with van der Waals surface area (Å²) in [5.74, 6) is 1.96. The number of benzene rings is 1. The van der Waals surface area contributed by atoms with Crippen LogP contribution in [0.4, 0.5) is 0 Å². The first kappa shape index (κ1) is 17.5. The highest BCUT2D eigenvalue weighted by molar-refractivity contribution is 5.35. The molecule has 1 aromatic rings. The second-order valence-electron chi connectivity index (χ2n) is 9.80. The second kappa shape index (κ2) is 6.70. The lowest BCUT2D eigenvalue weighted by Gasteiger charge is -2.36. The molecule has 2 atom stereocenters. The molecule has 0 radical (unpaired) electrons. The molecule has 0 N–H and O–H groups in total. The second-order valence-corrected chi connectivity index (χ2v) is 9.80. The number of nitrogens with zero attached hydrogens (tertiary/aromatic N) is 2. The summed E-state index contributed by atoms with van der Waals surface area (Å²) in [5, 5.41) is 0. The summed E-state index contributed by atoms with van der Waals surface area (Å²) in [6.45, 7) is 14.5. The molecule has 2 nitrogen and oxygen atoms in total. The van der Waals surface area contributed by atoms with Crippen LogP contribution in [0.2, 0.25) is 0 Å². The summed E-state index contributed by atoms with van der Waals surface area (Å²) in [6, 6.07) is 7.93. The van der Waals surface area contributed by atoms with E-state index in [1.165, 1.54) is 50.8 Å². The average Bonchev–Trinajstić information content (AvgIpc) is 3.18. The van der Waals surface area contributed by atoms with Crippen LogP contribution in [0.1, 0.15) is 70.1 Å². The fourth-order valence-corrected chi connectivity index (χ4v) is 5.46. The van der Waals surface area contributed by atoms with Gasteiger partial charge in [0.1, 0.15) is 0 Å². The monoisotopic (exact) mass is 340 g/mol. The van der Waals surface area contributed by atoms with Gasteiger partial charge < -0.3 is 0 Å². The van der Waals surface area contributed by atoms with E-state index in [0.717, 1.165) is 24.9 Å². The highest BCUT2D eigenvalue weighted by Crippen LogP contribution is 2.39. The van der Waals surface area contributed by atoms with Crippen molar-refractivity contribution in [3.63, 3.8) is 0 Å². The van der Waals surface area contributed by atoms with Gasteiger partial charge in [0.2, 0.25) is 0 Å². The van der Waals surface area contributed by atoms with Crippen molar-refractivity contribution >= 4 is 0 Å². The molecule has 3 aliphatic rings. The van der Waals surface area contributed by atoms with Crippen LogP contribution >= 0.6 is 0 Å². The Kier molecular flexibility index (Phi) is 4.70. The summed E-state index contributed by atoms with van der Waals surface area (Å²) in [7, 11) is 0. The summed E-state index contributed by atoms with van der Waals surface area (Å²) in [4.78, 5) is 5.38. The van der Waals surface area contributed by atoms with E-state index in [9.17, 15) is 0 Å². The molecule has 1 saturated heterocycles. The van der Waals surface area contributed by atoms with Crippen molar-refractivity contribution in [2.24, 2.45) is 11.8 Å². The quantitative estimate of drug-likeness (QED) is 0.773. The zero-order valence-corrected chi connectivity index (χ0v) is 16.7. The Bertz CT molecular complexity index is 605. The largest absolute Gasteiger partial charge is 0.297 e. The van der Waals surface area contributed by atoms with Gasteiger partial charge in [0.25, 0.3) is 0 Å². The zero-order valence-electron chi connectivity index (χ0n) is 16.7. The third-order valence-electron chi connectivity index (χ3n) is 7.22. The van der Waals surface area contributed by atoms with Gasteiger partial charge in [0.15, 0.2) is 0 Å². The van der Waals surface area contributed by atoms with Crippen LogP contribution in [0.15, 0.2) is 18.2 Å². The first-order chi connectivity index (χ1) is 11.9. The van der Waals surface area contributed by atoms with Crippen molar-refractivity contribution in [3.05, 3.63) is 34.9 Å². The Hall–Kier alpha value is -0.860. The molecule has 0 bridgehead atoms. The predicted octanol–water partition coefficient (Wildman–Crippen LogP) is 4.85. The Labute approximate surface area is 154 Å². The number of hydrogen-bond donors (Lipinski definition) is 0. The number of likely N-dealkylation sites (tertiary alicyclic amines) is 1. The molecular formula is C23H36N2. The smallest absolute Gasteiger partial charge is 0.0243 e. The lowest BCUT2D eigenvalue weighted by Crippen LogP contribution is -2.44. The maximum absolute atomic E-state index is 2.81. The molecule has 0 aromatic heterocycles. The van der Waals surface area contributed by atoms with Crippen molar-refractivity contribution in [1.29, 1.82) is 0 Å². The number of fused-ring (bicyclic) bond motifs is 2. The molecule has 138 valence electrons. The minimum Gasteiger partial charge on any atom is -0.297 e. The average molecular weight is 341 g/mol. The van der Waals surface area contributed by atoms with E-state index in [-0.39, 0.29) is 5.54 Å². The minimum absolute atomic E-state index is 0.280. The van der Waals surface area contributed by atoms with Gasteiger partial charge in [-0.2, -0.15) is 0 Å². The summed E-state index contributed by atoms with van der Waals surface area (Å²) in [5.41, 5.74) is 4.92. The van der Waals surface area contributed by atoms with Gasteiger partial charge in [0, 0.05) is 37.8 Å². The first-order valence-electron chi connectivity index (χ1n) is 10.5. The maximum atomic E-state index is 2.81. The molecule has 0 spiro atoms. The van der Waals surface area contributed by atoms with Gasteiger partial charge in [-0.05, 0) is 75.5 Å². The van der Waals surface area contributed by atoms with E-state index in [1.54, 1.807) is 11.1 Å². The fraction of sp³-hybridized carbons (Fsp3) is 0.739. The molecule has 1 aliphatic carbocycles. The van der Waals surface area contributed by atoms with Crippen molar-refractivity contribution < 1.29 is 0 Å². The maximum Gasteiger partial charge on any atom is 0.0243 e. The zero-order chi connectivity index (χ0) is 17.6. The van der Waals surface area contributed by atoms with Gasteiger partial charge in [-0.25, -0.2) is 0 Å². The molecule has 4 rings (SSSR count). The van der Waals surface area contributed by atoms with E-state index in [2.05, 4.69) is 55.7 Å². The summed E-state index contributed by atoms with van der Waals surface area (Å²) >= 11 is 0. The summed E-state index contributed by atoms with van der Waals surface area (Å²) < 4.78 is 0. The third-order valence-corrected chi connectivity index (χ3v) is 7.22. The molecule has 2 unspecified atom stereocenters. The van der Waals surface area contributed by atoms with Crippen LogP contribution < -0.4 is 0 Å². The molecule has 1 aromatic carbocycles. The molecule has 2 heterocycles. The highest BCUT2D eigenvalue weighted by atomic mass is 15.2. The van der Waals surface area contributed by atoms with Crippen LogP contribution in [-0.2, 0) is 19.5 Å². The summed E-state index contributed by atoms with van der Waals surface area (Å²) in [6.07, 6.45) is 7.06. The lowest BCUT2D eigenvalue weighted by atomic mass is 9.82. The van der Waals surface area contributed by atoms with E-state index in [1.807, 2.05) is 0 Å². The van der Waals surface area contributed by atoms with Gasteiger partial charge >= 0.3 is 0 Å². The standard InChI is InChI=1S/C23H36N2/c1-17(2)24-13-21-10-9-18(11-22(21)14-24)12-23(3,4)25-15-19-7-5-6-8-20(19)16-25/h9-11,17,19-20H,5-8,12-16H2,1-4H3. The van der Waals surface area contributed by atoms with Crippen LogP contribution in [0, 0.1) is 11.8 Å². The minimum atomic E-state index is 0.280. The van der Waals surface area contributed by atoms with Gasteiger partial charge in [-0.3, -0.25) is 9.80 Å². The van der Waals surface area contributed by atoms with E-state index >= 15 is 0 Å². The van der Waals surface area contributed by atoms with Crippen molar-refractivity contribution in [2.45, 2.75) is 84.5 Å². The van der Waals surface area contributed by atoms with Crippen LogP contribution in [0.3, 0.4) is 0 Å². The molecule has 2 heteroatoms. The van der Waals surface area contributed by atoms with Gasteiger partial charge in [0.05, 0.1) is 0 Å². The van der Waals surface area contributed by atoms with Crippen LogP contribution in [0.25, 0.3) is 0 Å². The number of hydrogen-bond acceptors (Lipinski definition) is 2. The van der Waals surface area contributed by atoms with Gasteiger partial charge in [-0.15, -0.1) is 0 Å². The van der Waals surface area contributed by atoms with Crippen molar-refractivity contribution in [3.8, 4) is 0 Å². The van der Waals surface area contributed by atoms with E-state index in [0.29, 0.717) is 6.04 Å². The Morgan fingerprint density at radius 1 is 1.00 bits per heavy atom. The molecular weight excluding hydrogens is 304 g/mol.